The number of rotatable bonds is 2. The maximum Gasteiger partial charge on any atom is 0.331 e. The van der Waals surface area contributed by atoms with Crippen LogP contribution in [0.2, 0.25) is 0 Å². The van der Waals surface area contributed by atoms with Gasteiger partial charge in [-0.25, -0.2) is 9.78 Å². The van der Waals surface area contributed by atoms with Crippen LogP contribution in [-0.4, -0.2) is 22.0 Å². The maximum atomic E-state index is 11.1. The van der Waals surface area contributed by atoms with Crippen molar-refractivity contribution in [2.24, 2.45) is 0 Å². The molecule has 0 aliphatic carbocycles. The fourth-order valence-corrected chi connectivity index (χ4v) is 1.67. The van der Waals surface area contributed by atoms with Crippen LogP contribution in [0.25, 0.3) is 6.08 Å². The molecule has 17 heavy (non-hydrogen) atoms. The number of amides is 1. The van der Waals surface area contributed by atoms with Crippen LogP contribution in [0.5, 0.6) is 0 Å². The summed E-state index contributed by atoms with van der Waals surface area (Å²) in [5, 5.41) is 11.4. The van der Waals surface area contributed by atoms with Crippen molar-refractivity contribution in [1.82, 2.24) is 4.98 Å². The highest BCUT2D eigenvalue weighted by Gasteiger charge is 2.15. The first-order valence-corrected chi connectivity index (χ1v) is 5.26. The summed E-state index contributed by atoms with van der Waals surface area (Å²) in [5.74, 6) is -0.405. The number of hydrogen-bond acceptors (Lipinski definition) is 3. The standard InChI is InChI=1S/C12H12N2O3/c1-7(12(16)17)4-8-5-9-2-3-10(15)14-11(9)13-6-8/h4-6H,2-3H2,1H3,(H,16,17)(H,13,14,15)/b7-4+. The molecule has 0 spiro atoms. The van der Waals surface area contributed by atoms with Crippen LogP contribution in [0.15, 0.2) is 17.8 Å². The molecule has 2 rings (SSSR count). The van der Waals surface area contributed by atoms with Crippen LogP contribution in [0.3, 0.4) is 0 Å². The number of aromatic nitrogens is 1. The normalized spacial score (nSPS) is 15.1. The second-order valence-electron chi connectivity index (χ2n) is 3.96. The number of aryl methyl sites for hydroxylation is 1. The molecular weight excluding hydrogens is 220 g/mol. The molecule has 0 bridgehead atoms. The minimum absolute atomic E-state index is 0.0324. The second-order valence-corrected chi connectivity index (χ2v) is 3.96. The van der Waals surface area contributed by atoms with Crippen LogP contribution in [-0.2, 0) is 16.0 Å². The third-order valence-corrected chi connectivity index (χ3v) is 2.59. The average molecular weight is 232 g/mol. The van der Waals surface area contributed by atoms with E-state index < -0.39 is 5.97 Å². The van der Waals surface area contributed by atoms with Gasteiger partial charge in [0.05, 0.1) is 0 Å². The molecule has 0 saturated heterocycles. The van der Waals surface area contributed by atoms with Crippen LogP contribution in [0.1, 0.15) is 24.5 Å². The minimum atomic E-state index is -0.948. The van der Waals surface area contributed by atoms with E-state index in [4.69, 9.17) is 5.11 Å². The highest BCUT2D eigenvalue weighted by atomic mass is 16.4. The lowest BCUT2D eigenvalue weighted by atomic mass is 10.0. The van der Waals surface area contributed by atoms with Crippen molar-refractivity contribution >= 4 is 23.8 Å². The van der Waals surface area contributed by atoms with E-state index in [1.54, 1.807) is 12.3 Å². The van der Waals surface area contributed by atoms with Crippen molar-refractivity contribution in [3.63, 3.8) is 0 Å². The number of pyridine rings is 1. The average Bonchev–Trinajstić information content (AvgIpc) is 2.29. The number of anilines is 1. The molecule has 2 heterocycles. The second kappa shape index (κ2) is 4.37. The molecule has 0 unspecified atom stereocenters. The van der Waals surface area contributed by atoms with E-state index >= 15 is 0 Å². The monoisotopic (exact) mass is 232 g/mol. The Morgan fingerprint density at radius 3 is 3.00 bits per heavy atom. The summed E-state index contributed by atoms with van der Waals surface area (Å²) >= 11 is 0. The molecule has 0 aromatic carbocycles. The van der Waals surface area contributed by atoms with Crippen LogP contribution < -0.4 is 5.32 Å². The first-order chi connectivity index (χ1) is 8.06. The van der Waals surface area contributed by atoms with Gasteiger partial charge in [0.2, 0.25) is 5.91 Å². The van der Waals surface area contributed by atoms with Gasteiger partial charge in [-0.15, -0.1) is 0 Å². The van der Waals surface area contributed by atoms with Gasteiger partial charge in [-0.05, 0) is 36.6 Å². The van der Waals surface area contributed by atoms with Crippen LogP contribution >= 0.6 is 0 Å². The van der Waals surface area contributed by atoms with Gasteiger partial charge in [-0.3, -0.25) is 4.79 Å². The number of fused-ring (bicyclic) bond motifs is 1. The van der Waals surface area contributed by atoms with Gasteiger partial charge >= 0.3 is 5.97 Å². The Hall–Kier alpha value is -2.17. The maximum absolute atomic E-state index is 11.1. The number of carboxylic acid groups (broad SMARTS) is 1. The summed E-state index contributed by atoms with van der Waals surface area (Å²) in [6.07, 6.45) is 4.20. The lowest BCUT2D eigenvalue weighted by molar-refractivity contribution is -0.132. The van der Waals surface area contributed by atoms with Gasteiger partial charge in [-0.1, -0.05) is 0 Å². The van der Waals surface area contributed by atoms with Gasteiger partial charge in [0.1, 0.15) is 5.82 Å². The number of nitrogens with one attached hydrogen (secondary N) is 1. The first kappa shape index (κ1) is 11.3. The molecule has 1 aromatic heterocycles. The largest absolute Gasteiger partial charge is 0.478 e. The summed E-state index contributed by atoms with van der Waals surface area (Å²) in [6.45, 7) is 1.53. The molecule has 0 radical (unpaired) electrons. The van der Waals surface area contributed by atoms with E-state index in [0.717, 1.165) is 11.1 Å². The van der Waals surface area contributed by atoms with Gasteiger partial charge in [0, 0.05) is 18.2 Å². The lowest BCUT2D eigenvalue weighted by Gasteiger charge is -2.15. The summed E-state index contributed by atoms with van der Waals surface area (Å²) < 4.78 is 0. The van der Waals surface area contributed by atoms with Crippen molar-refractivity contribution in [1.29, 1.82) is 0 Å². The van der Waals surface area contributed by atoms with Crippen molar-refractivity contribution in [3.8, 4) is 0 Å². The fraction of sp³-hybridized carbons (Fsp3) is 0.250. The third-order valence-electron chi connectivity index (χ3n) is 2.59. The van der Waals surface area contributed by atoms with E-state index in [2.05, 4.69) is 10.3 Å². The summed E-state index contributed by atoms with van der Waals surface area (Å²) in [4.78, 5) is 25.9. The molecule has 5 nitrogen and oxygen atoms in total. The first-order valence-electron chi connectivity index (χ1n) is 5.26. The third kappa shape index (κ3) is 2.50. The summed E-state index contributed by atoms with van der Waals surface area (Å²) in [5.41, 5.74) is 1.93. The smallest absolute Gasteiger partial charge is 0.331 e. The van der Waals surface area contributed by atoms with E-state index in [-0.39, 0.29) is 11.5 Å². The lowest BCUT2D eigenvalue weighted by Crippen LogP contribution is -2.20. The number of carboxylic acids is 1. The summed E-state index contributed by atoms with van der Waals surface area (Å²) in [6, 6.07) is 1.86. The predicted molar refractivity (Wildman–Crippen MR) is 62.5 cm³/mol. The Bertz CT molecular complexity index is 520. The zero-order valence-corrected chi connectivity index (χ0v) is 9.36. The molecule has 2 N–H and O–H groups in total. The zero-order chi connectivity index (χ0) is 12.4. The number of carbonyl (C=O) groups excluding carboxylic acids is 1. The molecule has 88 valence electrons. The number of nitrogens with zero attached hydrogens (tertiary/aromatic N) is 1. The molecule has 1 aliphatic heterocycles. The molecule has 0 saturated carbocycles. The molecule has 0 atom stereocenters. The quantitative estimate of drug-likeness (QED) is 0.756. The highest BCUT2D eigenvalue weighted by molar-refractivity contribution is 5.93. The Morgan fingerprint density at radius 1 is 1.53 bits per heavy atom. The van der Waals surface area contributed by atoms with Crippen molar-refractivity contribution in [3.05, 3.63) is 29.0 Å². The fourth-order valence-electron chi connectivity index (χ4n) is 1.67. The Kier molecular flexibility index (Phi) is 2.91. The van der Waals surface area contributed by atoms with Crippen molar-refractivity contribution in [2.45, 2.75) is 19.8 Å². The Labute approximate surface area is 98.2 Å². The Morgan fingerprint density at radius 2 is 2.29 bits per heavy atom. The van der Waals surface area contributed by atoms with Gasteiger partial charge in [0.15, 0.2) is 0 Å². The molecular formula is C12H12N2O3. The topological polar surface area (TPSA) is 79.3 Å². The van der Waals surface area contributed by atoms with E-state index in [0.29, 0.717) is 18.7 Å². The summed E-state index contributed by atoms with van der Waals surface area (Å²) in [7, 11) is 0. The Balaban J connectivity index is 2.31. The van der Waals surface area contributed by atoms with Crippen molar-refractivity contribution < 1.29 is 14.7 Å². The van der Waals surface area contributed by atoms with E-state index in [9.17, 15) is 9.59 Å². The van der Waals surface area contributed by atoms with E-state index in [1.807, 2.05) is 6.07 Å². The highest BCUT2D eigenvalue weighted by Crippen LogP contribution is 2.21. The molecule has 1 aromatic rings. The zero-order valence-electron chi connectivity index (χ0n) is 9.36. The number of hydrogen-bond donors (Lipinski definition) is 2. The SMILES string of the molecule is C/C(=C\c1cnc2c(c1)CCC(=O)N2)C(=O)O. The molecule has 0 fully saturated rings. The van der Waals surface area contributed by atoms with Gasteiger partial charge in [-0.2, -0.15) is 0 Å². The number of aliphatic carboxylic acids is 1. The molecule has 1 aliphatic rings. The van der Waals surface area contributed by atoms with Crippen LogP contribution in [0.4, 0.5) is 5.82 Å². The predicted octanol–water partition coefficient (Wildman–Crippen LogP) is 1.45. The van der Waals surface area contributed by atoms with Crippen LogP contribution in [0, 0.1) is 0 Å². The number of carbonyl (C=O) groups is 2. The molecule has 1 amide bonds. The van der Waals surface area contributed by atoms with Gasteiger partial charge < -0.3 is 10.4 Å². The molecule has 5 heteroatoms. The minimum Gasteiger partial charge on any atom is -0.478 e. The van der Waals surface area contributed by atoms with Crippen molar-refractivity contribution in [2.75, 3.05) is 5.32 Å². The van der Waals surface area contributed by atoms with E-state index in [1.165, 1.54) is 6.92 Å². The van der Waals surface area contributed by atoms with Gasteiger partial charge in [0.25, 0.3) is 0 Å².